The molecule has 0 aliphatic heterocycles. The number of pyridine rings is 1. The van der Waals surface area contributed by atoms with Gasteiger partial charge < -0.3 is 4.98 Å². The molecule has 3 heteroatoms. The Morgan fingerprint density at radius 1 is 1.33 bits per heavy atom. The van der Waals surface area contributed by atoms with Crippen LogP contribution in [-0.2, 0) is 0 Å². The zero-order chi connectivity index (χ0) is 10.9. The van der Waals surface area contributed by atoms with Gasteiger partial charge in [-0.1, -0.05) is 5.92 Å². The summed E-state index contributed by atoms with van der Waals surface area (Å²) in [4.78, 5) is 7.36. The van der Waals surface area contributed by atoms with Crippen molar-refractivity contribution in [3.63, 3.8) is 0 Å². The van der Waals surface area contributed by atoms with Crippen molar-refractivity contribution in [2.75, 3.05) is 18.8 Å². The van der Waals surface area contributed by atoms with E-state index in [2.05, 4.69) is 46.0 Å². The fourth-order valence-corrected chi connectivity index (χ4v) is 1.64. The molecule has 0 atom stereocenters. The van der Waals surface area contributed by atoms with Gasteiger partial charge in [0.15, 0.2) is 0 Å². The maximum absolute atomic E-state index is 4.29. The summed E-state index contributed by atoms with van der Waals surface area (Å²) in [5.41, 5.74) is 1.91. The number of hydrogen-bond donors (Lipinski definition) is 1. The molecule has 2 aromatic heterocycles. The van der Waals surface area contributed by atoms with Crippen LogP contribution in [0.5, 0.6) is 0 Å². The van der Waals surface area contributed by atoms with E-state index < -0.39 is 10.0 Å². The number of nitrogens with zero attached hydrogens (tertiary/aromatic N) is 1. The summed E-state index contributed by atoms with van der Waals surface area (Å²) in [6, 6.07) is 4.08. The third-order valence-electron chi connectivity index (χ3n) is 1.90. The molecule has 0 saturated carbocycles. The number of fused-ring (bicyclic) bond motifs is 1. The van der Waals surface area contributed by atoms with Crippen molar-refractivity contribution in [1.82, 2.24) is 9.97 Å². The predicted octanol–water partition coefficient (Wildman–Crippen LogP) is 2.57. The maximum Gasteiger partial charge on any atom is 0.137 e. The standard InChI is InChI=1S/C12H14N2S/c1-15(2,3)7-5-10-8-11-4-6-13-12(11)14-9-10/h4,6,8-9H,1-3H3,(H,13,14). The van der Waals surface area contributed by atoms with Crippen LogP contribution in [0.15, 0.2) is 24.5 Å². The van der Waals surface area contributed by atoms with Gasteiger partial charge in [-0.05, 0) is 36.2 Å². The summed E-state index contributed by atoms with van der Waals surface area (Å²) in [5.74, 6) is 3.18. The van der Waals surface area contributed by atoms with Gasteiger partial charge in [0.25, 0.3) is 0 Å². The van der Waals surface area contributed by atoms with Gasteiger partial charge in [-0.15, -0.1) is 0 Å². The van der Waals surface area contributed by atoms with Crippen molar-refractivity contribution in [1.29, 1.82) is 0 Å². The fraction of sp³-hybridized carbons (Fsp3) is 0.250. The van der Waals surface area contributed by atoms with E-state index in [-0.39, 0.29) is 0 Å². The third-order valence-corrected chi connectivity index (χ3v) is 2.62. The van der Waals surface area contributed by atoms with Gasteiger partial charge in [0.2, 0.25) is 0 Å². The summed E-state index contributed by atoms with van der Waals surface area (Å²) in [7, 11) is -0.759. The Bertz CT molecular complexity index is 538. The maximum atomic E-state index is 4.29. The van der Waals surface area contributed by atoms with Crippen LogP contribution in [0.2, 0.25) is 0 Å². The molecule has 0 aromatic carbocycles. The molecule has 0 aliphatic rings. The molecule has 0 spiro atoms. The summed E-state index contributed by atoms with van der Waals surface area (Å²) < 4.78 is 0. The van der Waals surface area contributed by atoms with E-state index in [0.717, 1.165) is 16.6 Å². The van der Waals surface area contributed by atoms with Gasteiger partial charge in [-0.2, -0.15) is 10.0 Å². The second-order valence-corrected chi connectivity index (χ2v) is 8.08. The van der Waals surface area contributed by atoms with Crippen LogP contribution >= 0.6 is 10.0 Å². The summed E-state index contributed by atoms with van der Waals surface area (Å²) >= 11 is 0. The number of H-pyrrole nitrogens is 1. The zero-order valence-electron chi connectivity index (χ0n) is 9.16. The van der Waals surface area contributed by atoms with Gasteiger partial charge in [0.1, 0.15) is 5.65 Å². The monoisotopic (exact) mass is 218 g/mol. The van der Waals surface area contributed by atoms with Crippen molar-refractivity contribution in [3.05, 3.63) is 30.1 Å². The first kappa shape index (κ1) is 10.1. The van der Waals surface area contributed by atoms with Crippen LogP contribution in [0, 0.1) is 11.2 Å². The number of aromatic nitrogens is 2. The molecule has 0 bridgehead atoms. The molecule has 2 nitrogen and oxygen atoms in total. The minimum Gasteiger partial charge on any atom is -0.346 e. The SMILES string of the molecule is CS(C)(C)C#Cc1cnc2[nH]ccc2c1. The van der Waals surface area contributed by atoms with E-state index in [9.17, 15) is 0 Å². The van der Waals surface area contributed by atoms with Crippen LogP contribution in [0.1, 0.15) is 5.56 Å². The van der Waals surface area contributed by atoms with Crippen LogP contribution < -0.4 is 0 Å². The first-order valence-electron chi connectivity index (χ1n) is 4.69. The van der Waals surface area contributed by atoms with Crippen LogP contribution in [-0.4, -0.2) is 28.7 Å². The molecule has 2 aromatic rings. The second kappa shape index (κ2) is 3.63. The third kappa shape index (κ3) is 2.54. The van der Waals surface area contributed by atoms with E-state index in [4.69, 9.17) is 0 Å². The average Bonchev–Trinajstić information content (AvgIpc) is 2.60. The predicted molar refractivity (Wildman–Crippen MR) is 68.3 cm³/mol. The lowest BCUT2D eigenvalue weighted by molar-refractivity contribution is 1.32. The highest BCUT2D eigenvalue weighted by Crippen LogP contribution is 2.32. The molecule has 0 unspecified atom stereocenters. The molecule has 1 N–H and O–H groups in total. The molecular formula is C12H14N2S. The summed E-state index contributed by atoms with van der Waals surface area (Å²) in [5, 5.41) is 4.39. The molecule has 0 amide bonds. The molecule has 0 aliphatic carbocycles. The van der Waals surface area contributed by atoms with Gasteiger partial charge in [0, 0.05) is 23.3 Å². The number of hydrogen-bond acceptors (Lipinski definition) is 1. The van der Waals surface area contributed by atoms with Crippen LogP contribution in [0.25, 0.3) is 11.0 Å². The van der Waals surface area contributed by atoms with E-state index in [1.54, 1.807) is 0 Å². The molecule has 0 saturated heterocycles. The Morgan fingerprint density at radius 3 is 2.87 bits per heavy atom. The van der Waals surface area contributed by atoms with Crippen molar-refractivity contribution in [2.45, 2.75) is 0 Å². The molecule has 2 heterocycles. The summed E-state index contributed by atoms with van der Waals surface area (Å²) in [6.45, 7) is 0. The largest absolute Gasteiger partial charge is 0.346 e. The van der Waals surface area contributed by atoms with Gasteiger partial charge in [-0.25, -0.2) is 4.98 Å². The summed E-state index contributed by atoms with van der Waals surface area (Å²) in [6.07, 6.45) is 10.3. The van der Waals surface area contributed by atoms with Crippen molar-refractivity contribution in [3.8, 4) is 11.2 Å². The first-order chi connectivity index (χ1) is 7.04. The Labute approximate surface area is 91.4 Å². The van der Waals surface area contributed by atoms with E-state index in [1.165, 1.54) is 0 Å². The van der Waals surface area contributed by atoms with Crippen LogP contribution in [0.4, 0.5) is 0 Å². The second-order valence-electron chi connectivity index (χ2n) is 4.20. The zero-order valence-corrected chi connectivity index (χ0v) is 9.98. The minimum atomic E-state index is -0.759. The fourth-order valence-electron chi connectivity index (χ4n) is 1.22. The van der Waals surface area contributed by atoms with Gasteiger partial charge in [0.05, 0.1) is 0 Å². The molecule has 2 rings (SSSR count). The lowest BCUT2D eigenvalue weighted by Gasteiger charge is -2.14. The van der Waals surface area contributed by atoms with Crippen molar-refractivity contribution < 1.29 is 0 Å². The van der Waals surface area contributed by atoms with Gasteiger partial charge >= 0.3 is 0 Å². The number of aromatic amines is 1. The molecule has 15 heavy (non-hydrogen) atoms. The van der Waals surface area contributed by atoms with Crippen LogP contribution in [0.3, 0.4) is 0 Å². The normalized spacial score (nSPS) is 12.2. The topological polar surface area (TPSA) is 28.7 Å². The van der Waals surface area contributed by atoms with E-state index >= 15 is 0 Å². The lowest BCUT2D eigenvalue weighted by Crippen LogP contribution is -1.86. The molecular weight excluding hydrogens is 204 g/mol. The smallest absolute Gasteiger partial charge is 0.137 e. The Hall–Kier alpha value is -1.40. The number of nitrogens with one attached hydrogen (secondary N) is 1. The van der Waals surface area contributed by atoms with Crippen molar-refractivity contribution >= 4 is 21.1 Å². The Kier molecular flexibility index (Phi) is 2.45. The van der Waals surface area contributed by atoms with Crippen molar-refractivity contribution in [2.24, 2.45) is 0 Å². The van der Waals surface area contributed by atoms with E-state index in [0.29, 0.717) is 0 Å². The first-order valence-corrected chi connectivity index (χ1v) is 7.55. The van der Waals surface area contributed by atoms with Gasteiger partial charge in [-0.3, -0.25) is 0 Å². The lowest BCUT2D eigenvalue weighted by atomic mass is 10.2. The Balaban J connectivity index is 2.39. The quantitative estimate of drug-likeness (QED) is 0.676. The molecule has 78 valence electrons. The molecule has 0 fully saturated rings. The highest BCUT2D eigenvalue weighted by atomic mass is 32.3. The molecule has 0 radical (unpaired) electrons. The average molecular weight is 218 g/mol. The number of rotatable bonds is 0. The Morgan fingerprint density at radius 2 is 2.13 bits per heavy atom. The van der Waals surface area contributed by atoms with E-state index in [1.807, 2.05) is 18.5 Å². The highest BCUT2D eigenvalue weighted by Gasteiger charge is 1.98. The highest BCUT2D eigenvalue weighted by molar-refractivity contribution is 8.35. The minimum absolute atomic E-state index is 0.759.